The number of fused-ring (bicyclic) bond motifs is 1. The summed E-state index contributed by atoms with van der Waals surface area (Å²) >= 11 is 5.92. The lowest BCUT2D eigenvalue weighted by atomic mass is 9.97. The largest absolute Gasteiger partial charge is 0.326 e. The van der Waals surface area contributed by atoms with Gasteiger partial charge in [0, 0.05) is 42.2 Å². The van der Waals surface area contributed by atoms with Crippen LogP contribution in [-0.4, -0.2) is 18.4 Å². The van der Waals surface area contributed by atoms with E-state index in [1.807, 2.05) is 24.3 Å². The Balaban J connectivity index is 1.73. The molecule has 0 saturated heterocycles. The molecule has 0 aliphatic carbocycles. The predicted octanol–water partition coefficient (Wildman–Crippen LogP) is 3.82. The lowest BCUT2D eigenvalue weighted by Crippen LogP contribution is -2.28. The van der Waals surface area contributed by atoms with E-state index in [1.165, 1.54) is 0 Å². The van der Waals surface area contributed by atoms with Gasteiger partial charge >= 0.3 is 0 Å². The van der Waals surface area contributed by atoms with E-state index in [1.54, 1.807) is 36.1 Å². The van der Waals surface area contributed by atoms with Crippen molar-refractivity contribution in [1.29, 1.82) is 0 Å². The molecule has 2 aromatic rings. The average molecular weight is 329 g/mol. The maximum Gasteiger partial charge on any atom is 0.225 e. The fourth-order valence-electron chi connectivity index (χ4n) is 2.97. The van der Waals surface area contributed by atoms with Gasteiger partial charge in [0.25, 0.3) is 0 Å². The van der Waals surface area contributed by atoms with Crippen molar-refractivity contribution in [3.8, 4) is 0 Å². The number of hydrogen-bond donors (Lipinski definition) is 1. The zero-order chi connectivity index (χ0) is 16.4. The normalized spacial score (nSPS) is 16.1. The fourth-order valence-corrected chi connectivity index (χ4v) is 3.16. The van der Waals surface area contributed by atoms with E-state index in [4.69, 9.17) is 11.6 Å². The third kappa shape index (κ3) is 3.37. The maximum atomic E-state index is 12.3. The van der Waals surface area contributed by atoms with Crippen molar-refractivity contribution in [2.24, 2.45) is 0 Å². The summed E-state index contributed by atoms with van der Waals surface area (Å²) in [7, 11) is 0. The highest BCUT2D eigenvalue weighted by Crippen LogP contribution is 2.38. The van der Waals surface area contributed by atoms with Gasteiger partial charge in [-0.25, -0.2) is 0 Å². The number of benzene rings is 2. The van der Waals surface area contributed by atoms with Gasteiger partial charge in [0.05, 0.1) is 0 Å². The predicted molar refractivity (Wildman–Crippen MR) is 91.9 cm³/mol. The zero-order valence-corrected chi connectivity index (χ0v) is 13.5. The van der Waals surface area contributed by atoms with Gasteiger partial charge in [0.15, 0.2) is 0 Å². The summed E-state index contributed by atoms with van der Waals surface area (Å²) in [6.45, 7) is 2.09. The zero-order valence-electron chi connectivity index (χ0n) is 12.8. The van der Waals surface area contributed by atoms with Crippen LogP contribution in [-0.2, 0) is 9.59 Å². The Labute approximate surface area is 140 Å². The number of nitrogens with one attached hydrogen (secondary N) is 1. The van der Waals surface area contributed by atoms with Crippen molar-refractivity contribution < 1.29 is 9.59 Å². The lowest BCUT2D eigenvalue weighted by molar-refractivity contribution is -0.118. The number of carbonyl (C=O) groups is 2. The van der Waals surface area contributed by atoms with Crippen molar-refractivity contribution in [2.75, 3.05) is 16.8 Å². The second-order valence-electron chi connectivity index (χ2n) is 5.65. The van der Waals surface area contributed by atoms with Crippen molar-refractivity contribution in [2.45, 2.75) is 19.3 Å². The molecule has 2 aromatic carbocycles. The third-order valence-electron chi connectivity index (χ3n) is 3.99. The highest BCUT2D eigenvalue weighted by molar-refractivity contribution is 6.30. The van der Waals surface area contributed by atoms with E-state index >= 15 is 0 Å². The highest BCUT2D eigenvalue weighted by Gasteiger charge is 2.31. The fraction of sp³-hybridized carbons (Fsp3) is 0.222. The molecule has 5 heteroatoms. The van der Waals surface area contributed by atoms with E-state index in [9.17, 15) is 9.59 Å². The molecule has 0 spiro atoms. The molecule has 0 saturated carbocycles. The van der Waals surface area contributed by atoms with E-state index in [2.05, 4.69) is 5.32 Å². The molecular weight excluding hydrogens is 312 g/mol. The topological polar surface area (TPSA) is 49.4 Å². The van der Waals surface area contributed by atoms with Gasteiger partial charge in [-0.15, -0.1) is 0 Å². The van der Waals surface area contributed by atoms with Crippen LogP contribution in [0, 0.1) is 0 Å². The minimum Gasteiger partial charge on any atom is -0.326 e. The van der Waals surface area contributed by atoms with Crippen LogP contribution in [0.2, 0.25) is 5.02 Å². The Morgan fingerprint density at radius 1 is 1.22 bits per heavy atom. The Bertz CT molecular complexity index is 760. The van der Waals surface area contributed by atoms with E-state index in [-0.39, 0.29) is 17.7 Å². The van der Waals surface area contributed by atoms with Gasteiger partial charge in [0.1, 0.15) is 0 Å². The maximum absolute atomic E-state index is 12.3. The third-order valence-corrected chi connectivity index (χ3v) is 4.23. The molecule has 4 nitrogen and oxygen atoms in total. The first kappa shape index (κ1) is 15.6. The first-order chi connectivity index (χ1) is 11.0. The Morgan fingerprint density at radius 2 is 2.00 bits per heavy atom. The van der Waals surface area contributed by atoms with Gasteiger partial charge in [0.2, 0.25) is 11.8 Å². The number of amides is 2. The quantitative estimate of drug-likeness (QED) is 0.931. The summed E-state index contributed by atoms with van der Waals surface area (Å²) < 4.78 is 0. The van der Waals surface area contributed by atoms with E-state index in [0.717, 1.165) is 11.3 Å². The molecule has 23 heavy (non-hydrogen) atoms. The van der Waals surface area contributed by atoms with Crippen LogP contribution in [0.25, 0.3) is 0 Å². The molecule has 1 heterocycles. The van der Waals surface area contributed by atoms with Crippen LogP contribution < -0.4 is 10.2 Å². The summed E-state index contributed by atoms with van der Waals surface area (Å²) in [5.74, 6) is -0.0815. The minimum absolute atomic E-state index is 0.00445. The number of hydrogen-bond acceptors (Lipinski definition) is 2. The van der Waals surface area contributed by atoms with Gasteiger partial charge < -0.3 is 10.2 Å². The summed E-state index contributed by atoms with van der Waals surface area (Å²) in [5, 5.41) is 3.44. The SMILES string of the molecule is CC(=O)N1CC(CC(=O)Nc2cccc(Cl)c2)c2ccccc21. The molecule has 118 valence electrons. The molecule has 0 fully saturated rings. The van der Waals surface area contributed by atoms with Crippen LogP contribution in [0.1, 0.15) is 24.8 Å². The van der Waals surface area contributed by atoms with Crippen molar-refractivity contribution in [1.82, 2.24) is 0 Å². The Hall–Kier alpha value is -2.33. The van der Waals surface area contributed by atoms with E-state index in [0.29, 0.717) is 23.7 Å². The van der Waals surface area contributed by atoms with Crippen LogP contribution >= 0.6 is 11.6 Å². The molecule has 0 aromatic heterocycles. The number of anilines is 2. The van der Waals surface area contributed by atoms with Gasteiger partial charge in [-0.3, -0.25) is 9.59 Å². The molecule has 0 bridgehead atoms. The Morgan fingerprint density at radius 3 is 2.74 bits per heavy atom. The van der Waals surface area contributed by atoms with Crippen LogP contribution in [0.5, 0.6) is 0 Å². The van der Waals surface area contributed by atoms with Crippen molar-refractivity contribution in [3.05, 3.63) is 59.1 Å². The summed E-state index contributed by atoms with van der Waals surface area (Å²) in [4.78, 5) is 25.8. The number of halogens is 1. The standard InChI is InChI=1S/C18H17ClN2O2/c1-12(22)21-11-13(16-7-2-3-8-17(16)21)9-18(23)20-15-6-4-5-14(19)10-15/h2-8,10,13H,9,11H2,1H3,(H,20,23). The van der Waals surface area contributed by atoms with Crippen LogP contribution in [0.3, 0.4) is 0 Å². The molecular formula is C18H17ClN2O2. The molecule has 0 radical (unpaired) electrons. The Kier molecular flexibility index (Phi) is 4.35. The van der Waals surface area contributed by atoms with E-state index < -0.39 is 0 Å². The molecule has 2 amide bonds. The average Bonchev–Trinajstić information content (AvgIpc) is 2.86. The number of carbonyl (C=O) groups excluding carboxylic acids is 2. The van der Waals surface area contributed by atoms with Crippen LogP contribution in [0.4, 0.5) is 11.4 Å². The van der Waals surface area contributed by atoms with Crippen molar-refractivity contribution in [3.63, 3.8) is 0 Å². The molecule has 1 atom stereocenters. The highest BCUT2D eigenvalue weighted by atomic mass is 35.5. The summed E-state index contributed by atoms with van der Waals surface area (Å²) in [5.41, 5.74) is 2.63. The molecule has 3 rings (SSSR count). The summed E-state index contributed by atoms with van der Waals surface area (Å²) in [6.07, 6.45) is 0.327. The number of para-hydroxylation sites is 1. The minimum atomic E-state index is -0.0857. The lowest BCUT2D eigenvalue weighted by Gasteiger charge is -2.15. The molecule has 1 aliphatic rings. The molecule has 1 aliphatic heterocycles. The number of nitrogens with zero attached hydrogens (tertiary/aromatic N) is 1. The molecule has 1 N–H and O–H groups in total. The smallest absolute Gasteiger partial charge is 0.225 e. The van der Waals surface area contributed by atoms with Gasteiger partial charge in [-0.2, -0.15) is 0 Å². The number of rotatable bonds is 3. The summed E-state index contributed by atoms with van der Waals surface area (Å²) in [6, 6.07) is 14.8. The first-order valence-electron chi connectivity index (χ1n) is 7.47. The van der Waals surface area contributed by atoms with Gasteiger partial charge in [-0.05, 0) is 29.8 Å². The first-order valence-corrected chi connectivity index (χ1v) is 7.85. The van der Waals surface area contributed by atoms with Gasteiger partial charge in [-0.1, -0.05) is 35.9 Å². The van der Waals surface area contributed by atoms with Crippen LogP contribution in [0.15, 0.2) is 48.5 Å². The van der Waals surface area contributed by atoms with Crippen molar-refractivity contribution >= 4 is 34.8 Å². The molecule has 1 unspecified atom stereocenters. The second kappa shape index (κ2) is 6.42. The monoisotopic (exact) mass is 328 g/mol. The second-order valence-corrected chi connectivity index (χ2v) is 6.08.